The van der Waals surface area contributed by atoms with Gasteiger partial charge in [-0.25, -0.2) is 9.59 Å². The zero-order chi connectivity index (χ0) is 23.7. The Morgan fingerprint density at radius 2 is 1.19 bits per heavy atom. The number of nitrogens with one attached hydrogen (secondary N) is 4. The normalized spacial score (nSPS) is 10.4. The molecule has 0 fully saturated rings. The molecule has 0 saturated carbocycles. The third-order valence-electron chi connectivity index (χ3n) is 4.51. The van der Waals surface area contributed by atoms with Crippen molar-refractivity contribution in [1.29, 1.82) is 10.8 Å². The van der Waals surface area contributed by atoms with Gasteiger partial charge in [0.1, 0.15) is 0 Å². The van der Waals surface area contributed by atoms with E-state index in [-0.39, 0.29) is 11.9 Å². The van der Waals surface area contributed by atoms with E-state index in [1.165, 1.54) is 32.5 Å². The van der Waals surface area contributed by atoms with E-state index in [2.05, 4.69) is 10.6 Å². The molecule has 2 aromatic rings. The first-order valence-electron chi connectivity index (χ1n) is 10.1. The minimum Gasteiger partial charge on any atom is -0.370 e. The summed E-state index contributed by atoms with van der Waals surface area (Å²) in [4.78, 5) is 27.2. The lowest BCUT2D eigenvalue weighted by Gasteiger charge is -2.21. The molecule has 0 radical (unpaired) electrons. The van der Waals surface area contributed by atoms with Gasteiger partial charge in [-0.1, -0.05) is 12.8 Å². The molecule has 0 saturated heterocycles. The number of aryl methyl sites for hydroxylation is 2. The van der Waals surface area contributed by atoms with Gasteiger partial charge in [-0.05, 0) is 60.7 Å². The Labute approximate surface area is 195 Å². The van der Waals surface area contributed by atoms with Crippen molar-refractivity contribution in [2.75, 3.05) is 23.7 Å². The van der Waals surface area contributed by atoms with Crippen LogP contribution < -0.4 is 22.1 Å². The summed E-state index contributed by atoms with van der Waals surface area (Å²) in [5.41, 5.74) is 13.3. The minimum absolute atomic E-state index is 0.306. The van der Waals surface area contributed by atoms with Gasteiger partial charge in [-0.3, -0.25) is 31.3 Å². The monoisotopic (exact) mass is 478 g/mol. The molecule has 2 aromatic heterocycles. The Morgan fingerprint density at radius 3 is 1.47 bits per heavy atom. The fraction of sp³-hybridized carbons (Fsp3) is 0.400. The Balaban J connectivity index is 1.73. The Hall–Kier alpha value is -3.12. The van der Waals surface area contributed by atoms with Crippen molar-refractivity contribution in [3.63, 3.8) is 0 Å². The molecule has 0 unspecified atom stereocenters. The second-order valence-corrected chi connectivity index (χ2v) is 9.15. The van der Waals surface area contributed by atoms with E-state index in [9.17, 15) is 9.59 Å². The van der Waals surface area contributed by atoms with E-state index in [0.29, 0.717) is 35.9 Å². The van der Waals surface area contributed by atoms with Crippen LogP contribution in [0.4, 0.5) is 19.6 Å². The summed E-state index contributed by atoms with van der Waals surface area (Å²) in [7, 11) is 0. The van der Waals surface area contributed by atoms with Crippen LogP contribution in [0.3, 0.4) is 0 Å². The summed E-state index contributed by atoms with van der Waals surface area (Å²) < 4.78 is 0. The maximum Gasteiger partial charge on any atom is 0.329 e. The standard InChI is InChI=1S/C20H30N8O2S2/c1-13-9-15(31-11-13)25-19(29)27(17(21)22)7-5-3-4-6-8-28(18(23)24)20(30)26-16-10-14(2)12-32-16/h9-12H,3-8H2,1-2H3,(H3,21,22)(H3,23,24)(H,25,29)(H,26,30). The van der Waals surface area contributed by atoms with Crippen LogP contribution in [0.5, 0.6) is 0 Å². The van der Waals surface area contributed by atoms with Gasteiger partial charge in [0.25, 0.3) is 0 Å². The van der Waals surface area contributed by atoms with Crippen LogP contribution in [0.15, 0.2) is 22.9 Å². The number of nitrogens with zero attached hydrogens (tertiary/aromatic N) is 2. The molecule has 0 aliphatic rings. The summed E-state index contributed by atoms with van der Waals surface area (Å²) in [5, 5.41) is 26.1. The quantitative estimate of drug-likeness (QED) is 0.181. The number of nitrogens with two attached hydrogens (primary N) is 2. The largest absolute Gasteiger partial charge is 0.370 e. The van der Waals surface area contributed by atoms with E-state index >= 15 is 0 Å². The Morgan fingerprint density at radius 1 is 0.812 bits per heavy atom. The van der Waals surface area contributed by atoms with E-state index in [1.54, 1.807) is 0 Å². The van der Waals surface area contributed by atoms with Crippen LogP contribution in [-0.2, 0) is 0 Å². The number of carbonyl (C=O) groups excluding carboxylic acids is 2. The van der Waals surface area contributed by atoms with Crippen molar-refractivity contribution in [3.05, 3.63) is 34.0 Å². The van der Waals surface area contributed by atoms with Crippen LogP contribution >= 0.6 is 22.7 Å². The third kappa shape index (κ3) is 7.85. The Bertz CT molecular complexity index is 879. The van der Waals surface area contributed by atoms with Crippen LogP contribution in [0.1, 0.15) is 36.8 Å². The number of amides is 4. The maximum atomic E-state index is 12.4. The number of unbranched alkanes of at least 4 members (excludes halogenated alkanes) is 3. The first kappa shape index (κ1) is 25.1. The second kappa shape index (κ2) is 12.1. The maximum absolute atomic E-state index is 12.4. The van der Waals surface area contributed by atoms with Gasteiger partial charge in [-0.15, -0.1) is 22.7 Å². The van der Waals surface area contributed by atoms with Crippen molar-refractivity contribution >= 4 is 56.7 Å². The highest BCUT2D eigenvalue weighted by Crippen LogP contribution is 2.21. The predicted molar refractivity (Wildman–Crippen MR) is 132 cm³/mol. The van der Waals surface area contributed by atoms with E-state index in [1.807, 2.05) is 36.7 Å². The van der Waals surface area contributed by atoms with Crippen molar-refractivity contribution in [3.8, 4) is 0 Å². The van der Waals surface area contributed by atoms with Gasteiger partial charge >= 0.3 is 12.1 Å². The Kier molecular flexibility index (Phi) is 9.47. The van der Waals surface area contributed by atoms with Crippen LogP contribution in [0.2, 0.25) is 0 Å². The average Bonchev–Trinajstić information content (AvgIpc) is 3.30. The number of carbonyl (C=O) groups is 2. The molecule has 0 bridgehead atoms. The molecule has 0 atom stereocenters. The molecule has 32 heavy (non-hydrogen) atoms. The highest BCUT2D eigenvalue weighted by atomic mass is 32.1. The topological polar surface area (TPSA) is 164 Å². The number of hydrogen-bond acceptors (Lipinski definition) is 6. The summed E-state index contributed by atoms with van der Waals surface area (Å²) >= 11 is 2.83. The molecule has 2 rings (SSSR count). The number of urea groups is 2. The molecule has 10 nitrogen and oxygen atoms in total. The smallest absolute Gasteiger partial charge is 0.329 e. The van der Waals surface area contributed by atoms with Crippen LogP contribution in [0, 0.1) is 24.7 Å². The van der Waals surface area contributed by atoms with E-state index < -0.39 is 12.1 Å². The molecule has 8 N–H and O–H groups in total. The average molecular weight is 479 g/mol. The SMILES string of the molecule is Cc1csc(NC(=O)N(CCCCCCN(C(=N)N)C(=O)Nc2cc(C)cs2)C(=N)N)c1. The number of guanidine groups is 2. The zero-order valence-corrected chi connectivity index (χ0v) is 19.9. The van der Waals surface area contributed by atoms with Gasteiger partial charge < -0.3 is 11.5 Å². The number of hydrogen-bond donors (Lipinski definition) is 6. The fourth-order valence-corrected chi connectivity index (χ4v) is 4.46. The van der Waals surface area contributed by atoms with Gasteiger partial charge in [0, 0.05) is 13.1 Å². The van der Waals surface area contributed by atoms with Crippen LogP contribution in [-0.4, -0.2) is 46.9 Å². The molecule has 12 heteroatoms. The lowest BCUT2D eigenvalue weighted by Crippen LogP contribution is -2.44. The molecule has 0 spiro atoms. The summed E-state index contributed by atoms with van der Waals surface area (Å²) in [6, 6.07) is 2.86. The van der Waals surface area contributed by atoms with Crippen LogP contribution in [0.25, 0.3) is 0 Å². The number of rotatable bonds is 9. The molecule has 4 amide bonds. The van der Waals surface area contributed by atoms with Gasteiger partial charge in [-0.2, -0.15) is 0 Å². The highest BCUT2D eigenvalue weighted by Gasteiger charge is 2.18. The number of anilines is 2. The highest BCUT2D eigenvalue weighted by molar-refractivity contribution is 7.14. The summed E-state index contributed by atoms with van der Waals surface area (Å²) in [5.74, 6) is -0.613. The van der Waals surface area contributed by atoms with E-state index in [4.69, 9.17) is 22.3 Å². The molecule has 0 aliphatic heterocycles. The molecule has 0 aliphatic carbocycles. The van der Waals surface area contributed by atoms with E-state index in [0.717, 1.165) is 24.0 Å². The molecule has 0 aromatic carbocycles. The lowest BCUT2D eigenvalue weighted by molar-refractivity contribution is 0.230. The molecule has 2 heterocycles. The molecular formula is C20H30N8O2S2. The predicted octanol–water partition coefficient (Wildman–Crippen LogP) is 4.14. The summed E-state index contributed by atoms with van der Waals surface area (Å²) in [6.07, 6.45) is 2.84. The first-order valence-corrected chi connectivity index (χ1v) is 11.9. The van der Waals surface area contributed by atoms with Crippen molar-refractivity contribution in [1.82, 2.24) is 9.80 Å². The van der Waals surface area contributed by atoms with Crippen molar-refractivity contribution in [2.45, 2.75) is 39.5 Å². The molecule has 174 valence electrons. The van der Waals surface area contributed by atoms with Crippen molar-refractivity contribution in [2.24, 2.45) is 11.5 Å². The summed E-state index contributed by atoms with van der Waals surface area (Å²) in [6.45, 7) is 4.52. The number of thiophene rings is 2. The van der Waals surface area contributed by atoms with Crippen molar-refractivity contribution < 1.29 is 9.59 Å². The lowest BCUT2D eigenvalue weighted by atomic mass is 10.2. The zero-order valence-electron chi connectivity index (χ0n) is 18.2. The second-order valence-electron chi connectivity index (χ2n) is 7.32. The third-order valence-corrected chi connectivity index (χ3v) is 6.43. The fourth-order valence-electron chi connectivity index (χ4n) is 2.90. The van der Waals surface area contributed by atoms with Gasteiger partial charge in [0.15, 0.2) is 11.9 Å². The minimum atomic E-state index is -0.428. The molecular weight excluding hydrogens is 448 g/mol. The van der Waals surface area contributed by atoms with Gasteiger partial charge in [0.05, 0.1) is 10.0 Å². The van der Waals surface area contributed by atoms with Gasteiger partial charge in [0.2, 0.25) is 0 Å². The first-order chi connectivity index (χ1) is 15.2.